The van der Waals surface area contributed by atoms with Crippen LogP contribution < -0.4 is 10.9 Å². The highest BCUT2D eigenvalue weighted by Crippen LogP contribution is 2.36. The molecule has 1 amide bonds. The van der Waals surface area contributed by atoms with E-state index in [1.165, 1.54) is 0 Å². The van der Waals surface area contributed by atoms with Crippen LogP contribution in [0.25, 0.3) is 10.9 Å². The van der Waals surface area contributed by atoms with Crippen LogP contribution in [0.5, 0.6) is 0 Å². The van der Waals surface area contributed by atoms with Crippen molar-refractivity contribution in [2.45, 2.75) is 59.5 Å². The molecule has 3 heterocycles. The molecule has 176 valence electrons. The van der Waals surface area contributed by atoms with Gasteiger partial charge in [-0.05, 0) is 69.7 Å². The number of aromatic nitrogens is 2. The Balaban J connectivity index is 1.70. The Morgan fingerprint density at radius 3 is 2.70 bits per heavy atom. The summed E-state index contributed by atoms with van der Waals surface area (Å²) in [5.41, 5.74) is 4.76. The number of ether oxygens (including phenoxy) is 1. The van der Waals surface area contributed by atoms with Gasteiger partial charge in [0.25, 0.3) is 11.5 Å². The van der Waals surface area contributed by atoms with Crippen LogP contribution in [0.3, 0.4) is 0 Å². The fraction of sp³-hybridized carbons (Fsp3) is 0.462. The van der Waals surface area contributed by atoms with Gasteiger partial charge >= 0.3 is 0 Å². The summed E-state index contributed by atoms with van der Waals surface area (Å²) in [7, 11) is 0. The number of carbonyl (C=O) groups is 1. The summed E-state index contributed by atoms with van der Waals surface area (Å²) in [5.74, 6) is 0.293. The lowest BCUT2D eigenvalue weighted by Crippen LogP contribution is -2.29. The molecule has 7 heteroatoms. The first-order valence-corrected chi connectivity index (χ1v) is 12.1. The van der Waals surface area contributed by atoms with Crippen molar-refractivity contribution in [3.63, 3.8) is 0 Å². The summed E-state index contributed by atoms with van der Waals surface area (Å²) in [6.07, 6.45) is 2.73. The maximum absolute atomic E-state index is 13.4. The van der Waals surface area contributed by atoms with Gasteiger partial charge in [0.1, 0.15) is 0 Å². The SMILES string of the molecule is CCc1cc(C)[nH]c(=O)c1CNC(=O)c1c(C)n(C(C)C2CCOCC2)c2cc(Cl)ccc12. The molecule has 6 nitrogen and oxygen atoms in total. The number of hydrogen-bond donors (Lipinski definition) is 2. The summed E-state index contributed by atoms with van der Waals surface area (Å²) in [4.78, 5) is 28.8. The number of hydrogen-bond acceptors (Lipinski definition) is 3. The fourth-order valence-corrected chi connectivity index (χ4v) is 5.35. The predicted octanol–water partition coefficient (Wildman–Crippen LogP) is 5.08. The van der Waals surface area contributed by atoms with Gasteiger partial charge in [-0.1, -0.05) is 24.6 Å². The van der Waals surface area contributed by atoms with Crippen molar-refractivity contribution in [2.75, 3.05) is 13.2 Å². The molecule has 0 radical (unpaired) electrons. The van der Waals surface area contributed by atoms with Crippen LogP contribution in [-0.4, -0.2) is 28.7 Å². The lowest BCUT2D eigenvalue weighted by molar-refractivity contribution is 0.0517. The van der Waals surface area contributed by atoms with Gasteiger partial charge in [-0.15, -0.1) is 0 Å². The van der Waals surface area contributed by atoms with Crippen LogP contribution in [0.1, 0.15) is 65.6 Å². The van der Waals surface area contributed by atoms with Crippen LogP contribution in [0.2, 0.25) is 5.02 Å². The Morgan fingerprint density at radius 1 is 1.27 bits per heavy atom. The third kappa shape index (κ3) is 4.59. The van der Waals surface area contributed by atoms with E-state index in [0.29, 0.717) is 22.1 Å². The van der Waals surface area contributed by atoms with E-state index in [9.17, 15) is 9.59 Å². The van der Waals surface area contributed by atoms with Gasteiger partial charge in [0, 0.05) is 53.2 Å². The molecule has 0 aliphatic carbocycles. The van der Waals surface area contributed by atoms with E-state index in [2.05, 4.69) is 21.8 Å². The van der Waals surface area contributed by atoms with Crippen LogP contribution >= 0.6 is 11.6 Å². The van der Waals surface area contributed by atoms with Gasteiger partial charge in [-0.3, -0.25) is 9.59 Å². The van der Waals surface area contributed by atoms with Gasteiger partial charge in [-0.25, -0.2) is 0 Å². The Hall–Kier alpha value is -2.57. The average Bonchev–Trinajstić information content (AvgIpc) is 3.08. The molecule has 0 saturated carbocycles. The van der Waals surface area contributed by atoms with Crippen molar-refractivity contribution >= 4 is 28.4 Å². The first kappa shape index (κ1) is 23.6. The number of benzene rings is 1. The fourth-order valence-electron chi connectivity index (χ4n) is 5.18. The quantitative estimate of drug-likeness (QED) is 0.528. The van der Waals surface area contributed by atoms with Crippen molar-refractivity contribution in [1.29, 1.82) is 0 Å². The number of nitrogens with zero attached hydrogens (tertiary/aromatic N) is 1. The summed E-state index contributed by atoms with van der Waals surface area (Å²) >= 11 is 6.35. The van der Waals surface area contributed by atoms with E-state index in [4.69, 9.17) is 16.3 Å². The highest BCUT2D eigenvalue weighted by atomic mass is 35.5. The largest absolute Gasteiger partial charge is 0.381 e. The number of fused-ring (bicyclic) bond motifs is 1. The Bertz CT molecular complexity index is 1240. The molecular weight excluding hydrogens is 438 g/mol. The number of carbonyl (C=O) groups excluding carboxylic acids is 1. The summed E-state index contributed by atoms with van der Waals surface area (Å²) < 4.78 is 7.81. The molecule has 33 heavy (non-hydrogen) atoms. The van der Waals surface area contributed by atoms with Crippen LogP contribution in [-0.2, 0) is 17.7 Å². The highest BCUT2D eigenvalue weighted by molar-refractivity contribution is 6.31. The molecule has 1 aliphatic rings. The molecule has 0 bridgehead atoms. The van der Waals surface area contributed by atoms with Gasteiger partial charge in [-0.2, -0.15) is 0 Å². The van der Waals surface area contributed by atoms with Crippen LogP contribution in [0, 0.1) is 19.8 Å². The van der Waals surface area contributed by atoms with Gasteiger partial charge in [0.15, 0.2) is 0 Å². The van der Waals surface area contributed by atoms with E-state index in [1.54, 1.807) is 0 Å². The maximum Gasteiger partial charge on any atom is 0.254 e. The standard InChI is InChI=1S/C26H32ClN3O3/c1-5-18-12-15(2)29-25(31)22(18)14-28-26(32)24-17(4)30(16(3)19-8-10-33-11-9-19)23-13-20(27)6-7-21(23)24/h6-7,12-13,16,19H,5,8-11,14H2,1-4H3,(H,28,32)(H,29,31). The van der Waals surface area contributed by atoms with Crippen molar-refractivity contribution in [3.05, 3.63) is 67.7 Å². The first-order valence-electron chi connectivity index (χ1n) is 11.7. The molecule has 2 N–H and O–H groups in total. The minimum absolute atomic E-state index is 0.147. The number of amides is 1. The normalized spacial score (nSPS) is 15.7. The van der Waals surface area contributed by atoms with Gasteiger partial charge in [0.2, 0.25) is 0 Å². The second kappa shape index (κ2) is 9.74. The minimum atomic E-state index is -0.181. The third-order valence-electron chi connectivity index (χ3n) is 6.96. The number of halogens is 1. The molecule has 1 aliphatic heterocycles. The van der Waals surface area contributed by atoms with Crippen molar-refractivity contribution in [1.82, 2.24) is 14.9 Å². The predicted molar refractivity (Wildman–Crippen MR) is 132 cm³/mol. The van der Waals surface area contributed by atoms with E-state index < -0.39 is 0 Å². The minimum Gasteiger partial charge on any atom is -0.381 e. The summed E-state index contributed by atoms with van der Waals surface area (Å²) in [6, 6.07) is 7.86. The molecule has 1 unspecified atom stereocenters. The van der Waals surface area contributed by atoms with E-state index >= 15 is 0 Å². The molecule has 1 aromatic carbocycles. The summed E-state index contributed by atoms with van der Waals surface area (Å²) in [5, 5.41) is 4.53. The molecule has 2 aromatic heterocycles. The zero-order chi connectivity index (χ0) is 23.7. The highest BCUT2D eigenvalue weighted by Gasteiger charge is 2.28. The van der Waals surface area contributed by atoms with Gasteiger partial charge in [0.05, 0.1) is 11.1 Å². The second-order valence-corrected chi connectivity index (χ2v) is 9.44. The van der Waals surface area contributed by atoms with E-state index in [1.807, 2.05) is 45.0 Å². The van der Waals surface area contributed by atoms with Crippen molar-refractivity contribution < 1.29 is 9.53 Å². The molecular formula is C26H32ClN3O3. The zero-order valence-electron chi connectivity index (χ0n) is 19.8. The molecule has 4 rings (SSSR count). The number of aryl methyl sites for hydroxylation is 2. The zero-order valence-corrected chi connectivity index (χ0v) is 20.5. The topological polar surface area (TPSA) is 76.1 Å². The van der Waals surface area contributed by atoms with Crippen LogP contribution in [0.15, 0.2) is 29.1 Å². The van der Waals surface area contributed by atoms with Crippen molar-refractivity contribution in [3.8, 4) is 0 Å². The van der Waals surface area contributed by atoms with E-state index in [-0.39, 0.29) is 24.1 Å². The first-order chi connectivity index (χ1) is 15.8. The number of aromatic amines is 1. The number of nitrogens with one attached hydrogen (secondary N) is 2. The molecule has 1 atom stereocenters. The number of H-pyrrole nitrogens is 1. The Kier molecular flexibility index (Phi) is 6.96. The van der Waals surface area contributed by atoms with Crippen LogP contribution in [0.4, 0.5) is 0 Å². The van der Waals surface area contributed by atoms with Gasteiger partial charge < -0.3 is 19.6 Å². The monoisotopic (exact) mass is 469 g/mol. The molecule has 3 aromatic rings. The second-order valence-electron chi connectivity index (χ2n) is 9.00. The third-order valence-corrected chi connectivity index (χ3v) is 7.20. The average molecular weight is 470 g/mol. The molecule has 1 saturated heterocycles. The maximum atomic E-state index is 13.4. The lowest BCUT2D eigenvalue weighted by atomic mass is 9.92. The number of pyridine rings is 1. The van der Waals surface area contributed by atoms with Crippen molar-refractivity contribution in [2.24, 2.45) is 5.92 Å². The number of rotatable bonds is 6. The molecule has 1 fully saturated rings. The lowest BCUT2D eigenvalue weighted by Gasteiger charge is -2.30. The van der Waals surface area contributed by atoms with E-state index in [0.717, 1.165) is 60.3 Å². The Morgan fingerprint density at radius 2 is 2.00 bits per heavy atom. The smallest absolute Gasteiger partial charge is 0.254 e. The molecule has 0 spiro atoms. The Labute approximate surface area is 199 Å². The summed E-state index contributed by atoms with van der Waals surface area (Å²) in [6.45, 7) is 9.81.